The van der Waals surface area contributed by atoms with E-state index in [9.17, 15) is 0 Å². The van der Waals surface area contributed by atoms with Gasteiger partial charge in [0.25, 0.3) is 0 Å². The van der Waals surface area contributed by atoms with Gasteiger partial charge in [0.05, 0.1) is 46.8 Å². The van der Waals surface area contributed by atoms with Crippen LogP contribution in [0, 0.1) is 12.8 Å². The van der Waals surface area contributed by atoms with Crippen LogP contribution in [0.25, 0.3) is 12.2 Å². The van der Waals surface area contributed by atoms with Gasteiger partial charge in [-0.2, -0.15) is 0 Å². The summed E-state index contributed by atoms with van der Waals surface area (Å²) < 4.78 is 36.6. The van der Waals surface area contributed by atoms with Crippen LogP contribution in [-0.4, -0.2) is 56.1 Å². The van der Waals surface area contributed by atoms with Gasteiger partial charge in [-0.1, -0.05) is 62.6 Å². The first-order valence-electron chi connectivity index (χ1n) is 16.3. The summed E-state index contributed by atoms with van der Waals surface area (Å²) in [6.45, 7) is 12.6. The molecule has 2 unspecified atom stereocenters. The molecule has 0 saturated heterocycles. The van der Waals surface area contributed by atoms with Crippen molar-refractivity contribution in [2.24, 2.45) is 5.92 Å². The zero-order valence-electron chi connectivity index (χ0n) is 29.0. The fourth-order valence-corrected chi connectivity index (χ4v) is 5.05. The molecule has 0 saturated carbocycles. The van der Waals surface area contributed by atoms with Gasteiger partial charge in [-0.25, -0.2) is 4.68 Å². The van der Waals surface area contributed by atoms with Gasteiger partial charge in [0.15, 0.2) is 6.23 Å². The lowest BCUT2D eigenvalue weighted by Crippen LogP contribution is -2.14. The van der Waals surface area contributed by atoms with Gasteiger partial charge in [0.2, 0.25) is 0 Å². The first-order chi connectivity index (χ1) is 22.4. The van der Waals surface area contributed by atoms with E-state index < -0.39 is 6.23 Å². The summed E-state index contributed by atoms with van der Waals surface area (Å²) in [5.74, 6) is 3.77. The minimum Gasteiger partial charge on any atom is -0.496 e. The van der Waals surface area contributed by atoms with Crippen molar-refractivity contribution in [1.29, 1.82) is 0 Å². The number of ether oxygens (including phenoxy) is 6. The predicted molar refractivity (Wildman–Crippen MR) is 184 cm³/mol. The molecule has 0 spiro atoms. The lowest BCUT2D eigenvalue weighted by Gasteiger charge is -2.19. The third-order valence-corrected chi connectivity index (χ3v) is 7.85. The van der Waals surface area contributed by atoms with Crippen molar-refractivity contribution in [2.45, 2.75) is 79.6 Å². The molecule has 0 fully saturated rings. The molecule has 2 atom stereocenters. The van der Waals surface area contributed by atoms with Crippen molar-refractivity contribution in [2.75, 3.05) is 41.2 Å². The summed E-state index contributed by atoms with van der Waals surface area (Å²) in [5, 5.41) is 8.47. The van der Waals surface area contributed by atoms with Crippen LogP contribution in [0.15, 0.2) is 42.6 Å². The van der Waals surface area contributed by atoms with E-state index in [4.69, 9.17) is 28.4 Å². The second-order valence-corrected chi connectivity index (χ2v) is 11.3. The van der Waals surface area contributed by atoms with Gasteiger partial charge in [-0.05, 0) is 69.4 Å². The minimum absolute atomic E-state index is 0.358. The van der Waals surface area contributed by atoms with Crippen LogP contribution < -0.4 is 18.9 Å². The van der Waals surface area contributed by atoms with E-state index in [1.54, 1.807) is 26.0 Å². The van der Waals surface area contributed by atoms with E-state index in [0.717, 1.165) is 64.0 Å². The van der Waals surface area contributed by atoms with Crippen LogP contribution in [0.1, 0.15) is 87.6 Å². The van der Waals surface area contributed by atoms with E-state index in [-0.39, 0.29) is 0 Å². The van der Waals surface area contributed by atoms with Gasteiger partial charge in [-0.15, -0.1) is 5.10 Å². The van der Waals surface area contributed by atoms with Crippen molar-refractivity contribution >= 4 is 12.2 Å². The number of rotatable bonds is 21. The minimum atomic E-state index is -0.398. The molecular weight excluding hydrogens is 582 g/mol. The van der Waals surface area contributed by atoms with Crippen molar-refractivity contribution in [1.82, 2.24) is 15.0 Å². The van der Waals surface area contributed by atoms with Gasteiger partial charge in [0, 0.05) is 23.8 Å². The number of methoxy groups -OCH3 is 3. The number of nitrogens with zero attached hydrogens (tertiary/aromatic N) is 3. The van der Waals surface area contributed by atoms with Gasteiger partial charge in [-0.3, -0.25) is 0 Å². The number of aryl methyl sites for hydroxylation is 1. The maximum absolute atomic E-state index is 6.42. The van der Waals surface area contributed by atoms with Crippen LogP contribution >= 0.6 is 0 Å². The lowest BCUT2D eigenvalue weighted by atomic mass is 10.0. The smallest absolute Gasteiger partial charge is 0.190 e. The molecule has 252 valence electrons. The second-order valence-electron chi connectivity index (χ2n) is 11.3. The van der Waals surface area contributed by atoms with E-state index in [1.165, 1.54) is 19.3 Å². The molecule has 3 aromatic rings. The maximum atomic E-state index is 6.42. The Hall–Kier alpha value is -3.82. The summed E-state index contributed by atoms with van der Waals surface area (Å²) in [5.41, 5.74) is 4.66. The normalized spacial score (nSPS) is 13.0. The molecule has 0 aliphatic rings. The highest BCUT2D eigenvalue weighted by atomic mass is 16.5. The number of unbranched alkanes of at least 4 members (excludes halogenated alkanes) is 1. The largest absolute Gasteiger partial charge is 0.496 e. The van der Waals surface area contributed by atoms with Crippen molar-refractivity contribution in [3.63, 3.8) is 0 Å². The van der Waals surface area contributed by atoms with Crippen LogP contribution in [-0.2, 0) is 22.5 Å². The summed E-state index contributed by atoms with van der Waals surface area (Å²) in [7, 11) is 5.03. The standard InChI is InChI=1S/C37H53N3O6/c1-9-12-15-29(11-3)25-45-34-21-31(35(42-7)20-27(34)4)16-13-17-32-23-37(30(14-10-2)22-36(32)43-8)46-28(5)40-24-33(38-39-40)26-44-19-18-41-6/h10,13-14,16,20-24,28-29H,9,11-12,15,17-19,25-26H2,1-8H3/b14-10+,16-13+. The molecule has 2 aromatic carbocycles. The van der Waals surface area contributed by atoms with Crippen LogP contribution in [0.2, 0.25) is 0 Å². The molecule has 0 aliphatic carbocycles. The third kappa shape index (κ3) is 10.9. The molecule has 46 heavy (non-hydrogen) atoms. The summed E-state index contributed by atoms with van der Waals surface area (Å²) in [4.78, 5) is 0. The zero-order chi connectivity index (χ0) is 33.3. The molecule has 0 N–H and O–H groups in total. The summed E-state index contributed by atoms with van der Waals surface area (Å²) in [6.07, 6.45) is 15.0. The average Bonchev–Trinajstić information content (AvgIpc) is 3.54. The van der Waals surface area contributed by atoms with Crippen molar-refractivity contribution < 1.29 is 28.4 Å². The Bertz CT molecular complexity index is 1400. The fourth-order valence-electron chi connectivity index (χ4n) is 5.05. The Balaban J connectivity index is 1.79. The average molecular weight is 636 g/mol. The molecule has 0 amide bonds. The van der Waals surface area contributed by atoms with Crippen LogP contribution in [0.3, 0.4) is 0 Å². The third-order valence-electron chi connectivity index (χ3n) is 7.85. The number of hydrogen-bond donors (Lipinski definition) is 0. The number of allylic oxidation sites excluding steroid dienone is 2. The van der Waals surface area contributed by atoms with Gasteiger partial charge >= 0.3 is 0 Å². The van der Waals surface area contributed by atoms with Crippen LogP contribution in [0.4, 0.5) is 0 Å². The van der Waals surface area contributed by atoms with Crippen molar-refractivity contribution in [3.8, 4) is 23.0 Å². The first kappa shape index (κ1) is 36.6. The molecule has 1 aromatic heterocycles. The lowest BCUT2D eigenvalue weighted by molar-refractivity contribution is 0.0601. The van der Waals surface area contributed by atoms with Gasteiger partial charge in [0.1, 0.15) is 28.7 Å². The fraction of sp³-hybridized carbons (Fsp3) is 0.514. The zero-order valence-corrected chi connectivity index (χ0v) is 29.0. The summed E-state index contributed by atoms with van der Waals surface area (Å²) in [6, 6.07) is 8.16. The molecule has 9 nitrogen and oxygen atoms in total. The molecule has 3 rings (SSSR count). The highest BCUT2D eigenvalue weighted by Crippen LogP contribution is 2.34. The number of hydrogen-bond acceptors (Lipinski definition) is 8. The number of aromatic nitrogens is 3. The van der Waals surface area contributed by atoms with E-state index in [2.05, 4.69) is 49.3 Å². The molecular formula is C37H53N3O6. The monoisotopic (exact) mass is 635 g/mol. The van der Waals surface area contributed by atoms with Gasteiger partial charge < -0.3 is 28.4 Å². The highest BCUT2D eigenvalue weighted by Gasteiger charge is 2.16. The molecule has 0 radical (unpaired) electrons. The Labute approximate surface area is 275 Å². The SMILES string of the molecule is C/C=C/c1cc(OC)c(C/C=C/c2cc(OCC(CC)CCCC)c(C)cc2OC)cc1OC(C)n1cc(COCCOC)nn1. The Kier molecular flexibility index (Phi) is 15.6. The first-order valence-corrected chi connectivity index (χ1v) is 16.3. The Morgan fingerprint density at radius 3 is 2.37 bits per heavy atom. The van der Waals surface area contributed by atoms with E-state index in [1.807, 2.05) is 50.4 Å². The quantitative estimate of drug-likeness (QED) is 0.108. The highest BCUT2D eigenvalue weighted by molar-refractivity contribution is 5.64. The molecule has 0 aliphatic heterocycles. The predicted octanol–water partition coefficient (Wildman–Crippen LogP) is 8.25. The molecule has 0 bridgehead atoms. The van der Waals surface area contributed by atoms with E-state index >= 15 is 0 Å². The number of benzene rings is 2. The van der Waals surface area contributed by atoms with E-state index in [0.29, 0.717) is 32.2 Å². The molecule has 9 heteroatoms. The topological polar surface area (TPSA) is 86.1 Å². The molecule has 1 heterocycles. The van der Waals surface area contributed by atoms with Crippen molar-refractivity contribution in [3.05, 3.63) is 70.6 Å². The second kappa shape index (κ2) is 19.6. The maximum Gasteiger partial charge on any atom is 0.190 e. The van der Waals surface area contributed by atoms with Crippen LogP contribution in [0.5, 0.6) is 23.0 Å². The summed E-state index contributed by atoms with van der Waals surface area (Å²) >= 11 is 0. The Morgan fingerprint density at radius 2 is 1.67 bits per heavy atom. The Morgan fingerprint density at radius 1 is 0.913 bits per heavy atom.